The van der Waals surface area contributed by atoms with Gasteiger partial charge in [-0.15, -0.1) is 0 Å². The van der Waals surface area contributed by atoms with Crippen LogP contribution in [0.4, 0.5) is 51.7 Å². The van der Waals surface area contributed by atoms with E-state index in [-0.39, 0.29) is 22.5 Å². The van der Waals surface area contributed by atoms with Gasteiger partial charge in [0.2, 0.25) is 0 Å². The van der Waals surface area contributed by atoms with Gasteiger partial charge in [0.15, 0.2) is 0 Å². The molecule has 0 spiro atoms. The second-order valence-corrected chi connectivity index (χ2v) is 16.7. The highest BCUT2D eigenvalue weighted by molar-refractivity contribution is 6.28. The van der Waals surface area contributed by atoms with Gasteiger partial charge < -0.3 is 9.80 Å². The van der Waals surface area contributed by atoms with Gasteiger partial charge in [-0.1, -0.05) is 72.8 Å². The normalized spacial score (nSPS) is 11.3. The molecule has 10 rings (SSSR count). The number of hydrogen-bond donors (Lipinski definition) is 0. The molecule has 0 aliphatic carbocycles. The molecule has 10 aromatic carbocycles. The summed E-state index contributed by atoms with van der Waals surface area (Å²) in [4.78, 5) is 3.50. The first-order valence-corrected chi connectivity index (χ1v) is 21.4. The summed E-state index contributed by atoms with van der Waals surface area (Å²) in [7, 11) is 0. The molecule has 66 heavy (non-hydrogen) atoms. The maximum absolute atomic E-state index is 16.6. The van der Waals surface area contributed by atoms with Crippen LogP contribution in [0.1, 0.15) is 33.4 Å². The minimum Gasteiger partial charge on any atom is -0.307 e. The number of benzene rings is 10. The van der Waals surface area contributed by atoms with E-state index in [0.29, 0.717) is 45.0 Å². The molecular formula is C58H38F4N4. The third-order valence-corrected chi connectivity index (χ3v) is 12.8. The minimum absolute atomic E-state index is 0.100. The number of nitriles is 2. The lowest BCUT2D eigenvalue weighted by Crippen LogP contribution is -2.14. The van der Waals surface area contributed by atoms with Crippen LogP contribution >= 0.6 is 0 Å². The van der Waals surface area contributed by atoms with E-state index in [1.807, 2.05) is 113 Å². The Morgan fingerprint density at radius 1 is 0.364 bits per heavy atom. The molecule has 0 aliphatic rings. The first-order chi connectivity index (χ1) is 31.9. The first-order valence-electron chi connectivity index (χ1n) is 21.4. The molecule has 8 heteroatoms. The molecule has 0 N–H and O–H groups in total. The highest BCUT2D eigenvalue weighted by atomic mass is 19.1. The number of anilines is 6. The molecule has 0 amide bonds. The van der Waals surface area contributed by atoms with Crippen molar-refractivity contribution in [1.29, 1.82) is 10.5 Å². The van der Waals surface area contributed by atoms with Gasteiger partial charge in [-0.3, -0.25) is 0 Å². The van der Waals surface area contributed by atoms with Crippen molar-refractivity contribution in [2.45, 2.75) is 27.7 Å². The van der Waals surface area contributed by atoms with Gasteiger partial charge in [-0.05, 0) is 155 Å². The maximum atomic E-state index is 16.6. The number of hydrogen-bond acceptors (Lipinski definition) is 4. The Balaban J connectivity index is 1.23. The highest BCUT2D eigenvalue weighted by Crippen LogP contribution is 2.49. The number of rotatable bonds is 8. The van der Waals surface area contributed by atoms with E-state index in [2.05, 4.69) is 12.1 Å². The molecule has 0 bridgehead atoms. The molecule has 0 aliphatic heterocycles. The van der Waals surface area contributed by atoms with Crippen LogP contribution < -0.4 is 9.80 Å². The summed E-state index contributed by atoms with van der Waals surface area (Å²) in [6.07, 6.45) is 0. The van der Waals surface area contributed by atoms with Gasteiger partial charge in [0.1, 0.15) is 23.3 Å². The fourth-order valence-electron chi connectivity index (χ4n) is 9.02. The molecule has 0 unspecified atom stereocenters. The Morgan fingerprint density at radius 3 is 1.11 bits per heavy atom. The van der Waals surface area contributed by atoms with E-state index in [1.165, 1.54) is 12.1 Å². The van der Waals surface area contributed by atoms with Gasteiger partial charge >= 0.3 is 0 Å². The molecule has 0 heterocycles. The summed E-state index contributed by atoms with van der Waals surface area (Å²) >= 11 is 0. The van der Waals surface area contributed by atoms with E-state index in [9.17, 15) is 10.5 Å². The van der Waals surface area contributed by atoms with E-state index in [4.69, 9.17) is 0 Å². The molecule has 0 radical (unpaired) electrons. The third kappa shape index (κ3) is 7.01. The number of aryl methyl sites for hydroxylation is 4. The molecule has 4 nitrogen and oxygen atoms in total. The zero-order valence-electron chi connectivity index (χ0n) is 36.3. The van der Waals surface area contributed by atoms with Gasteiger partial charge in [-0.2, -0.15) is 10.5 Å². The smallest absolute Gasteiger partial charge is 0.150 e. The van der Waals surface area contributed by atoms with E-state index in [0.717, 1.165) is 66.7 Å². The molecule has 0 saturated heterocycles. The lowest BCUT2D eigenvalue weighted by atomic mass is 9.91. The van der Waals surface area contributed by atoms with Crippen LogP contribution in [0.15, 0.2) is 158 Å². The van der Waals surface area contributed by atoms with Crippen LogP contribution in [0.5, 0.6) is 0 Å². The van der Waals surface area contributed by atoms with Crippen molar-refractivity contribution in [2.24, 2.45) is 0 Å². The van der Waals surface area contributed by atoms with Crippen LogP contribution in [-0.4, -0.2) is 0 Å². The fraction of sp³-hybridized carbons (Fsp3) is 0.0690. The third-order valence-electron chi connectivity index (χ3n) is 12.8. The highest BCUT2D eigenvalue weighted by Gasteiger charge is 2.26. The Morgan fingerprint density at radius 2 is 0.742 bits per heavy atom. The molecule has 0 atom stereocenters. The van der Waals surface area contributed by atoms with Crippen LogP contribution in [0.2, 0.25) is 0 Å². The molecule has 318 valence electrons. The monoisotopic (exact) mass is 866 g/mol. The largest absolute Gasteiger partial charge is 0.307 e. The van der Waals surface area contributed by atoms with Crippen LogP contribution in [-0.2, 0) is 0 Å². The second-order valence-electron chi connectivity index (χ2n) is 16.7. The average molecular weight is 867 g/mol. The maximum Gasteiger partial charge on any atom is 0.150 e. The van der Waals surface area contributed by atoms with Crippen molar-refractivity contribution in [3.8, 4) is 34.4 Å². The Hall–Kier alpha value is -8.46. The van der Waals surface area contributed by atoms with Crippen molar-refractivity contribution >= 4 is 66.4 Å². The van der Waals surface area contributed by atoms with Crippen LogP contribution in [0.25, 0.3) is 54.6 Å². The lowest BCUT2D eigenvalue weighted by Gasteiger charge is -2.30. The van der Waals surface area contributed by atoms with Gasteiger partial charge in [0.25, 0.3) is 0 Å². The Bertz CT molecular complexity index is 3420. The summed E-state index contributed by atoms with van der Waals surface area (Å²) in [5.41, 5.74) is 8.99. The van der Waals surface area contributed by atoms with Crippen molar-refractivity contribution in [3.05, 3.63) is 214 Å². The van der Waals surface area contributed by atoms with Gasteiger partial charge in [0, 0.05) is 45.4 Å². The first kappa shape index (κ1) is 41.5. The van der Waals surface area contributed by atoms with E-state index in [1.54, 1.807) is 58.3 Å². The Kier molecular flexibility index (Phi) is 10.2. The van der Waals surface area contributed by atoms with E-state index < -0.39 is 23.3 Å². The van der Waals surface area contributed by atoms with Crippen molar-refractivity contribution in [2.75, 3.05) is 9.80 Å². The number of halogens is 4. The Labute approximate surface area is 379 Å². The van der Waals surface area contributed by atoms with Crippen molar-refractivity contribution in [3.63, 3.8) is 0 Å². The van der Waals surface area contributed by atoms with Crippen molar-refractivity contribution in [1.82, 2.24) is 0 Å². The zero-order chi connectivity index (χ0) is 46.0. The van der Waals surface area contributed by atoms with E-state index >= 15 is 17.6 Å². The van der Waals surface area contributed by atoms with Crippen LogP contribution in [0.3, 0.4) is 0 Å². The summed E-state index contributed by atoms with van der Waals surface area (Å²) in [5.74, 6) is -2.96. The molecule has 0 saturated carbocycles. The summed E-state index contributed by atoms with van der Waals surface area (Å²) in [5, 5.41) is 24.4. The predicted molar refractivity (Wildman–Crippen MR) is 259 cm³/mol. The lowest BCUT2D eigenvalue weighted by molar-refractivity contribution is 0.586. The molecule has 10 aromatic rings. The standard InChI is InChI=1S/C58H38F4N4/c1-33-5-11-41(25-35(33)3)47-27-55(51(61)29-49(47)59)65(43-17-7-37(31-63)8-18-43)53-23-15-39-14-22-46-54(24-16-40-13-21-45(53)57(39)58(40)46)66(44-19-9-38(32-64)10-20-44)56-28-48(50(60)30-52(56)62)42-12-6-34(2)36(4)26-42/h5-30H,1-4H3. The van der Waals surface area contributed by atoms with Crippen LogP contribution in [0, 0.1) is 73.6 Å². The molecule has 0 aromatic heterocycles. The summed E-state index contributed by atoms with van der Waals surface area (Å²) < 4.78 is 64.9. The predicted octanol–water partition coefficient (Wildman–Crippen LogP) is 16.4. The topological polar surface area (TPSA) is 54.1 Å². The fourth-order valence-corrected chi connectivity index (χ4v) is 9.02. The quantitative estimate of drug-likeness (QED) is 0.113. The average Bonchev–Trinajstić information content (AvgIpc) is 3.32. The minimum atomic E-state index is -0.781. The van der Waals surface area contributed by atoms with Crippen molar-refractivity contribution < 1.29 is 17.6 Å². The molecular weight excluding hydrogens is 829 g/mol. The SMILES string of the molecule is Cc1ccc(-c2cc(N(c3ccc(C#N)cc3)c3ccc4ccc5c(N(c6ccc(C#N)cc6)c6cc(-c7ccc(C)c(C)c7)c(F)cc6F)ccc6ccc3c4c65)c(F)cc2F)cc1C. The zero-order valence-corrected chi connectivity index (χ0v) is 36.3. The van der Waals surface area contributed by atoms with Gasteiger partial charge in [-0.25, -0.2) is 17.6 Å². The summed E-state index contributed by atoms with van der Waals surface area (Å²) in [6.45, 7) is 7.85. The number of nitrogens with zero attached hydrogens (tertiary/aromatic N) is 4. The van der Waals surface area contributed by atoms with Gasteiger partial charge in [0.05, 0.1) is 46.0 Å². The summed E-state index contributed by atoms with van der Waals surface area (Å²) in [6, 6.07) is 49.7. The molecule has 0 fully saturated rings. The second kappa shape index (κ2) is 16.3.